The van der Waals surface area contributed by atoms with E-state index < -0.39 is 0 Å². The lowest BCUT2D eigenvalue weighted by Gasteiger charge is -2.21. The van der Waals surface area contributed by atoms with Crippen molar-refractivity contribution < 1.29 is 5.21 Å². The van der Waals surface area contributed by atoms with Gasteiger partial charge in [-0.05, 0) is 32.9 Å². The van der Waals surface area contributed by atoms with Gasteiger partial charge in [-0.25, -0.2) is 0 Å². The van der Waals surface area contributed by atoms with Crippen molar-refractivity contribution in [3.05, 3.63) is 24.0 Å². The molecule has 0 aliphatic rings. The molecule has 0 atom stereocenters. The lowest BCUT2D eigenvalue weighted by atomic mass is 10.1. The molecule has 0 bridgehead atoms. The van der Waals surface area contributed by atoms with E-state index in [9.17, 15) is 0 Å². The average molecular weight is 208 g/mol. The fraction of sp³-hybridized carbons (Fsp3) is 0.400. The third kappa shape index (κ3) is 3.46. The van der Waals surface area contributed by atoms with Gasteiger partial charge in [-0.3, -0.25) is 4.98 Å². The van der Waals surface area contributed by atoms with E-state index in [-0.39, 0.29) is 11.4 Å². The van der Waals surface area contributed by atoms with E-state index in [0.717, 1.165) is 5.69 Å². The Morgan fingerprint density at radius 1 is 1.47 bits per heavy atom. The minimum atomic E-state index is -0.0141. The van der Waals surface area contributed by atoms with Crippen LogP contribution >= 0.6 is 0 Å². The summed E-state index contributed by atoms with van der Waals surface area (Å²) in [7, 11) is 0. The van der Waals surface area contributed by atoms with Crippen molar-refractivity contribution in [2.24, 2.45) is 10.9 Å². The van der Waals surface area contributed by atoms with Gasteiger partial charge in [-0.1, -0.05) is 5.16 Å². The quantitative estimate of drug-likeness (QED) is 0.297. The number of aromatic nitrogens is 1. The molecule has 0 saturated heterocycles. The molecule has 1 heterocycles. The van der Waals surface area contributed by atoms with Crippen molar-refractivity contribution >= 4 is 11.5 Å². The number of hydrogen-bond acceptors (Lipinski definition) is 4. The summed E-state index contributed by atoms with van der Waals surface area (Å²) in [5.41, 5.74) is 6.73. The lowest BCUT2D eigenvalue weighted by molar-refractivity contribution is 0.318. The third-order valence-corrected chi connectivity index (χ3v) is 1.65. The molecule has 1 aromatic rings. The molecule has 0 aliphatic carbocycles. The number of nitrogens with one attached hydrogen (secondary N) is 1. The molecule has 0 radical (unpaired) electrons. The number of hydrogen-bond donors (Lipinski definition) is 3. The zero-order chi connectivity index (χ0) is 11.5. The average Bonchev–Trinajstić information content (AvgIpc) is 2.15. The molecule has 82 valence electrons. The van der Waals surface area contributed by atoms with E-state index in [2.05, 4.69) is 36.2 Å². The first-order valence-electron chi connectivity index (χ1n) is 4.64. The van der Waals surface area contributed by atoms with Crippen molar-refractivity contribution in [3.8, 4) is 0 Å². The Bertz CT molecular complexity index is 351. The first-order chi connectivity index (χ1) is 6.92. The predicted octanol–water partition coefficient (Wildman–Crippen LogP) is 1.39. The van der Waals surface area contributed by atoms with Gasteiger partial charge >= 0.3 is 0 Å². The normalized spacial score (nSPS) is 12.6. The Balaban J connectivity index is 2.82. The summed E-state index contributed by atoms with van der Waals surface area (Å²) in [6.07, 6.45) is 1.65. The van der Waals surface area contributed by atoms with Crippen molar-refractivity contribution in [1.29, 1.82) is 0 Å². The first kappa shape index (κ1) is 11.3. The van der Waals surface area contributed by atoms with Gasteiger partial charge < -0.3 is 16.3 Å². The highest BCUT2D eigenvalue weighted by atomic mass is 16.4. The van der Waals surface area contributed by atoms with Crippen LogP contribution in [0.1, 0.15) is 26.5 Å². The van der Waals surface area contributed by atoms with E-state index in [0.29, 0.717) is 5.69 Å². The Morgan fingerprint density at radius 3 is 2.53 bits per heavy atom. The molecule has 0 unspecified atom stereocenters. The third-order valence-electron chi connectivity index (χ3n) is 1.65. The monoisotopic (exact) mass is 208 g/mol. The Kier molecular flexibility index (Phi) is 3.14. The molecule has 1 rings (SSSR count). The van der Waals surface area contributed by atoms with Crippen LogP contribution in [0.15, 0.2) is 23.5 Å². The fourth-order valence-electron chi connectivity index (χ4n) is 1.10. The van der Waals surface area contributed by atoms with E-state index in [1.807, 2.05) is 6.07 Å². The zero-order valence-electron chi connectivity index (χ0n) is 9.15. The Morgan fingerprint density at radius 2 is 2.13 bits per heavy atom. The van der Waals surface area contributed by atoms with Crippen LogP contribution in [0.25, 0.3) is 0 Å². The van der Waals surface area contributed by atoms with Crippen LogP contribution in [0.5, 0.6) is 0 Å². The van der Waals surface area contributed by atoms with Gasteiger partial charge in [-0.2, -0.15) is 0 Å². The summed E-state index contributed by atoms with van der Waals surface area (Å²) in [4.78, 5) is 4.06. The van der Waals surface area contributed by atoms with Gasteiger partial charge in [0.15, 0.2) is 5.84 Å². The van der Waals surface area contributed by atoms with E-state index in [1.54, 1.807) is 12.3 Å². The summed E-state index contributed by atoms with van der Waals surface area (Å²) in [6.45, 7) is 6.18. The van der Waals surface area contributed by atoms with Gasteiger partial charge in [-0.15, -0.1) is 0 Å². The molecule has 0 aromatic carbocycles. The predicted molar refractivity (Wildman–Crippen MR) is 60.1 cm³/mol. The number of rotatable bonds is 2. The molecule has 0 fully saturated rings. The minimum Gasteiger partial charge on any atom is -0.409 e. The van der Waals surface area contributed by atoms with Crippen molar-refractivity contribution in [3.63, 3.8) is 0 Å². The van der Waals surface area contributed by atoms with Gasteiger partial charge in [0.05, 0.1) is 11.9 Å². The molecule has 0 amide bonds. The Hall–Kier alpha value is -1.78. The highest BCUT2D eigenvalue weighted by molar-refractivity contribution is 5.95. The number of amidine groups is 1. The SMILES string of the molecule is CC(C)(C)Nc1ccc(/C(N)=N\O)nc1. The van der Waals surface area contributed by atoms with Gasteiger partial charge in [0.25, 0.3) is 0 Å². The molecule has 15 heavy (non-hydrogen) atoms. The molecule has 5 heteroatoms. The summed E-state index contributed by atoms with van der Waals surface area (Å²) in [5, 5.41) is 14.6. The van der Waals surface area contributed by atoms with Gasteiger partial charge in [0.1, 0.15) is 5.69 Å². The molecule has 1 aromatic heterocycles. The number of pyridine rings is 1. The van der Waals surface area contributed by atoms with Crippen LogP contribution in [0.3, 0.4) is 0 Å². The topological polar surface area (TPSA) is 83.5 Å². The largest absolute Gasteiger partial charge is 0.409 e. The van der Waals surface area contributed by atoms with Crippen LogP contribution in [-0.4, -0.2) is 21.6 Å². The van der Waals surface area contributed by atoms with E-state index in [1.165, 1.54) is 0 Å². The molecule has 0 spiro atoms. The van der Waals surface area contributed by atoms with Gasteiger partial charge in [0.2, 0.25) is 0 Å². The standard InChI is InChI=1S/C10H16N4O/c1-10(2,3)13-7-4-5-8(12-6-7)9(11)14-15/h4-6,13,15H,1-3H3,(H2,11,14). The summed E-state index contributed by atoms with van der Waals surface area (Å²) in [6, 6.07) is 3.54. The maximum Gasteiger partial charge on any atom is 0.188 e. The van der Waals surface area contributed by atoms with Crippen molar-refractivity contribution in [1.82, 2.24) is 4.98 Å². The molecular weight excluding hydrogens is 192 g/mol. The van der Waals surface area contributed by atoms with Crippen LogP contribution in [0.4, 0.5) is 5.69 Å². The van der Waals surface area contributed by atoms with Crippen molar-refractivity contribution in [2.75, 3.05) is 5.32 Å². The Labute approximate surface area is 89.0 Å². The smallest absolute Gasteiger partial charge is 0.188 e. The highest BCUT2D eigenvalue weighted by Crippen LogP contribution is 2.13. The maximum absolute atomic E-state index is 8.45. The van der Waals surface area contributed by atoms with E-state index in [4.69, 9.17) is 10.9 Å². The molecule has 0 saturated carbocycles. The molecule has 4 N–H and O–H groups in total. The molecule has 0 aliphatic heterocycles. The molecular formula is C10H16N4O. The zero-order valence-corrected chi connectivity index (χ0v) is 9.15. The fourth-order valence-corrected chi connectivity index (χ4v) is 1.10. The second-order valence-corrected chi connectivity index (χ2v) is 4.29. The number of nitrogens with zero attached hydrogens (tertiary/aromatic N) is 2. The van der Waals surface area contributed by atoms with Crippen LogP contribution in [0.2, 0.25) is 0 Å². The second kappa shape index (κ2) is 4.16. The van der Waals surface area contributed by atoms with Crippen LogP contribution in [-0.2, 0) is 0 Å². The summed E-state index contributed by atoms with van der Waals surface area (Å²) < 4.78 is 0. The summed E-state index contributed by atoms with van der Waals surface area (Å²) in [5.74, 6) is 0.0114. The van der Waals surface area contributed by atoms with Crippen LogP contribution < -0.4 is 11.1 Å². The maximum atomic E-state index is 8.45. The highest BCUT2D eigenvalue weighted by Gasteiger charge is 2.09. The van der Waals surface area contributed by atoms with Crippen molar-refractivity contribution in [2.45, 2.75) is 26.3 Å². The van der Waals surface area contributed by atoms with E-state index >= 15 is 0 Å². The first-order valence-corrected chi connectivity index (χ1v) is 4.64. The summed E-state index contributed by atoms with van der Waals surface area (Å²) >= 11 is 0. The van der Waals surface area contributed by atoms with Gasteiger partial charge in [0, 0.05) is 5.54 Å². The number of oxime groups is 1. The lowest BCUT2D eigenvalue weighted by Crippen LogP contribution is -2.26. The van der Waals surface area contributed by atoms with Crippen LogP contribution in [0, 0.1) is 0 Å². The second-order valence-electron chi connectivity index (χ2n) is 4.29. The number of anilines is 1. The minimum absolute atomic E-state index is 0.0114. The molecule has 5 nitrogen and oxygen atoms in total. The number of nitrogens with two attached hydrogens (primary N) is 1.